The molecule has 1 N–H and O–H groups in total. The Kier molecular flexibility index (Phi) is 3.99. The average Bonchev–Trinajstić information content (AvgIpc) is 3.24. The first kappa shape index (κ1) is 15.8. The molecule has 0 radical (unpaired) electrons. The van der Waals surface area contributed by atoms with E-state index in [1.807, 2.05) is 6.07 Å². The van der Waals surface area contributed by atoms with Crippen molar-refractivity contribution in [2.45, 2.75) is 32.1 Å². The van der Waals surface area contributed by atoms with Gasteiger partial charge in [0.1, 0.15) is 11.5 Å². The first-order valence-corrected chi connectivity index (χ1v) is 8.59. The molecule has 4 rings (SSSR count). The third-order valence-corrected chi connectivity index (χ3v) is 5.11. The highest BCUT2D eigenvalue weighted by Gasteiger charge is 2.38. The van der Waals surface area contributed by atoms with E-state index in [1.54, 1.807) is 30.1 Å². The normalized spacial score (nSPS) is 24.1. The van der Waals surface area contributed by atoms with E-state index in [1.165, 1.54) is 0 Å². The van der Waals surface area contributed by atoms with Crippen LogP contribution in [0.1, 0.15) is 32.1 Å². The van der Waals surface area contributed by atoms with E-state index in [9.17, 15) is 9.90 Å². The van der Waals surface area contributed by atoms with Crippen LogP contribution in [-0.4, -0.2) is 20.7 Å². The summed E-state index contributed by atoms with van der Waals surface area (Å²) in [5.74, 6) is 1.31. The minimum Gasteiger partial charge on any atom is -0.510 e. The summed E-state index contributed by atoms with van der Waals surface area (Å²) in [5.41, 5.74) is 0.854. The number of azo groups is 1. The molecule has 130 valence electrons. The van der Waals surface area contributed by atoms with Crippen molar-refractivity contribution in [1.82, 2.24) is 9.78 Å². The number of aliphatic hydroxyl groups excluding tert-OH is 1. The van der Waals surface area contributed by atoms with Gasteiger partial charge in [0.25, 0.3) is 0 Å². The number of hydrogen-bond acceptors (Lipinski definition) is 6. The van der Waals surface area contributed by atoms with Crippen LogP contribution in [0.25, 0.3) is 11.5 Å². The number of aromatic nitrogens is 2. The lowest BCUT2D eigenvalue weighted by atomic mass is 9.72. The summed E-state index contributed by atoms with van der Waals surface area (Å²) in [6.07, 6.45) is 6.15. The van der Waals surface area contributed by atoms with Crippen molar-refractivity contribution >= 4 is 11.6 Å². The SMILES string of the molecule is Cn1nc(N=NC2=C(O)C3CCCCC3CC2=O)cc1-c1ccco1. The van der Waals surface area contributed by atoms with Crippen LogP contribution in [0.5, 0.6) is 0 Å². The molecule has 0 saturated heterocycles. The van der Waals surface area contributed by atoms with Crippen molar-refractivity contribution in [1.29, 1.82) is 0 Å². The highest BCUT2D eigenvalue weighted by Crippen LogP contribution is 2.41. The standard InChI is InChI=1S/C18H20N4O3/c1-22-13(15-7-4-8-25-15)10-16(21-22)19-20-17-14(23)9-11-5-2-3-6-12(11)18(17)24/h4,7-8,10-12,24H,2-3,5-6,9H2,1H3. The molecular weight excluding hydrogens is 320 g/mol. The fourth-order valence-corrected chi connectivity index (χ4v) is 3.83. The first-order chi connectivity index (χ1) is 12.1. The second-order valence-corrected chi connectivity index (χ2v) is 6.70. The lowest BCUT2D eigenvalue weighted by molar-refractivity contribution is -0.118. The zero-order valence-electron chi connectivity index (χ0n) is 14.1. The van der Waals surface area contributed by atoms with Crippen molar-refractivity contribution in [2.75, 3.05) is 0 Å². The number of aryl methyl sites for hydroxylation is 1. The number of rotatable bonds is 3. The average molecular weight is 340 g/mol. The summed E-state index contributed by atoms with van der Waals surface area (Å²) in [5, 5.41) is 22.9. The molecule has 7 heteroatoms. The van der Waals surface area contributed by atoms with E-state index in [0.29, 0.717) is 18.0 Å². The molecule has 2 heterocycles. The smallest absolute Gasteiger partial charge is 0.196 e. The highest BCUT2D eigenvalue weighted by atomic mass is 16.3. The van der Waals surface area contributed by atoms with Crippen LogP contribution in [0.3, 0.4) is 0 Å². The fraction of sp³-hybridized carbons (Fsp3) is 0.444. The van der Waals surface area contributed by atoms with E-state index in [2.05, 4.69) is 15.3 Å². The number of carbonyl (C=O) groups is 1. The Morgan fingerprint density at radius 1 is 1.32 bits per heavy atom. The lowest BCUT2D eigenvalue weighted by Gasteiger charge is -2.34. The molecule has 0 bridgehead atoms. The summed E-state index contributed by atoms with van der Waals surface area (Å²) in [4.78, 5) is 12.3. The zero-order valence-corrected chi connectivity index (χ0v) is 14.1. The molecule has 0 aromatic carbocycles. The number of aliphatic hydroxyl groups is 1. The Morgan fingerprint density at radius 3 is 2.96 bits per heavy atom. The van der Waals surface area contributed by atoms with Crippen LogP contribution < -0.4 is 0 Å². The van der Waals surface area contributed by atoms with Gasteiger partial charge in [-0.25, -0.2) is 0 Å². The fourth-order valence-electron chi connectivity index (χ4n) is 3.83. The molecule has 2 atom stereocenters. The van der Waals surface area contributed by atoms with Crippen LogP contribution in [0.15, 0.2) is 50.6 Å². The molecule has 25 heavy (non-hydrogen) atoms. The molecule has 0 spiro atoms. The van der Waals surface area contributed by atoms with Crippen LogP contribution in [0.2, 0.25) is 0 Å². The van der Waals surface area contributed by atoms with Crippen LogP contribution >= 0.6 is 0 Å². The Labute approximate surface area is 145 Å². The molecule has 2 aliphatic carbocycles. The number of allylic oxidation sites excluding steroid dienone is 2. The lowest BCUT2D eigenvalue weighted by Crippen LogP contribution is -2.30. The maximum absolute atomic E-state index is 12.3. The Morgan fingerprint density at radius 2 is 2.16 bits per heavy atom. The number of ketones is 1. The summed E-state index contributed by atoms with van der Waals surface area (Å²) in [6.45, 7) is 0. The monoisotopic (exact) mass is 340 g/mol. The van der Waals surface area contributed by atoms with Crippen LogP contribution in [0, 0.1) is 11.8 Å². The van der Waals surface area contributed by atoms with Gasteiger partial charge < -0.3 is 9.52 Å². The predicted octanol–water partition coefficient (Wildman–Crippen LogP) is 4.31. The molecule has 7 nitrogen and oxygen atoms in total. The highest BCUT2D eigenvalue weighted by molar-refractivity contribution is 5.96. The third kappa shape index (κ3) is 2.90. The van der Waals surface area contributed by atoms with Crippen LogP contribution in [-0.2, 0) is 11.8 Å². The molecule has 1 fully saturated rings. The van der Waals surface area contributed by atoms with Gasteiger partial charge in [-0.3, -0.25) is 9.48 Å². The maximum Gasteiger partial charge on any atom is 0.196 e. The molecule has 2 aromatic heterocycles. The molecule has 2 aliphatic rings. The Hall–Kier alpha value is -2.70. The second-order valence-electron chi connectivity index (χ2n) is 6.70. The van der Waals surface area contributed by atoms with Gasteiger partial charge in [-0.2, -0.15) is 5.10 Å². The van der Waals surface area contributed by atoms with E-state index in [4.69, 9.17) is 4.42 Å². The van der Waals surface area contributed by atoms with Crippen LogP contribution in [0.4, 0.5) is 5.82 Å². The second kappa shape index (κ2) is 6.31. The number of furan rings is 1. The summed E-state index contributed by atoms with van der Waals surface area (Å²) < 4.78 is 7.01. The molecule has 1 saturated carbocycles. The Balaban J connectivity index is 1.61. The van der Waals surface area contributed by atoms with E-state index in [-0.39, 0.29) is 29.1 Å². The van der Waals surface area contributed by atoms with Crippen molar-refractivity contribution in [3.63, 3.8) is 0 Å². The topological polar surface area (TPSA) is 93.0 Å². The first-order valence-electron chi connectivity index (χ1n) is 8.59. The van der Waals surface area contributed by atoms with Gasteiger partial charge >= 0.3 is 0 Å². The molecular formula is C18H20N4O3. The van der Waals surface area contributed by atoms with Gasteiger partial charge in [0.05, 0.1) is 6.26 Å². The quantitative estimate of drug-likeness (QED) is 0.842. The summed E-state index contributed by atoms with van der Waals surface area (Å²) in [7, 11) is 1.78. The number of carbonyl (C=O) groups excluding carboxylic acids is 1. The summed E-state index contributed by atoms with van der Waals surface area (Å²) >= 11 is 0. The number of hydrogen-bond donors (Lipinski definition) is 1. The van der Waals surface area contributed by atoms with Gasteiger partial charge in [-0.15, -0.1) is 10.2 Å². The number of fused-ring (bicyclic) bond motifs is 1. The van der Waals surface area contributed by atoms with Crippen molar-refractivity contribution in [2.24, 2.45) is 29.1 Å². The van der Waals surface area contributed by atoms with E-state index < -0.39 is 0 Å². The van der Waals surface area contributed by atoms with Crippen molar-refractivity contribution in [3.8, 4) is 11.5 Å². The molecule has 0 amide bonds. The third-order valence-electron chi connectivity index (χ3n) is 5.11. The van der Waals surface area contributed by atoms with Gasteiger partial charge in [-0.05, 0) is 30.9 Å². The number of nitrogens with zero attached hydrogens (tertiary/aromatic N) is 4. The van der Waals surface area contributed by atoms with E-state index >= 15 is 0 Å². The minimum absolute atomic E-state index is 0.0443. The van der Waals surface area contributed by atoms with Gasteiger partial charge in [0.2, 0.25) is 0 Å². The summed E-state index contributed by atoms with van der Waals surface area (Å²) in [6, 6.07) is 5.37. The van der Waals surface area contributed by atoms with Gasteiger partial charge in [-0.1, -0.05) is 12.8 Å². The van der Waals surface area contributed by atoms with E-state index in [0.717, 1.165) is 31.4 Å². The van der Waals surface area contributed by atoms with Gasteiger partial charge in [0.15, 0.2) is 23.1 Å². The molecule has 0 aliphatic heterocycles. The maximum atomic E-state index is 12.3. The van der Waals surface area contributed by atoms with Crippen molar-refractivity contribution < 1.29 is 14.3 Å². The largest absolute Gasteiger partial charge is 0.510 e. The molecule has 2 unspecified atom stereocenters. The van der Waals surface area contributed by atoms with Gasteiger partial charge in [0, 0.05) is 25.5 Å². The molecule has 2 aromatic rings. The number of Topliss-reactive ketones (excluding diaryl/α,β-unsaturated/α-hetero) is 1. The van der Waals surface area contributed by atoms with Crippen molar-refractivity contribution in [3.05, 3.63) is 35.9 Å². The Bertz CT molecular complexity index is 848. The minimum atomic E-state index is -0.133. The zero-order chi connectivity index (χ0) is 17.4. The predicted molar refractivity (Wildman–Crippen MR) is 90.2 cm³/mol.